The van der Waals surface area contributed by atoms with E-state index in [2.05, 4.69) is 4.98 Å². The predicted octanol–water partition coefficient (Wildman–Crippen LogP) is 5.64. The first-order valence-electron chi connectivity index (χ1n) is 9.91. The van der Waals surface area contributed by atoms with E-state index < -0.39 is 0 Å². The molecule has 31 heavy (non-hydrogen) atoms. The van der Waals surface area contributed by atoms with Crippen molar-refractivity contribution >= 4 is 22.7 Å². The van der Waals surface area contributed by atoms with Gasteiger partial charge in [-0.15, -0.1) is 0 Å². The molecular formula is C25H19N3O2S. The molecule has 5 aromatic rings. The normalized spacial score (nSPS) is 11.1. The molecule has 0 saturated heterocycles. The lowest BCUT2D eigenvalue weighted by Crippen LogP contribution is -2.22. The number of para-hydroxylation sites is 2. The summed E-state index contributed by atoms with van der Waals surface area (Å²) >= 11 is 1.44. The van der Waals surface area contributed by atoms with E-state index in [-0.39, 0.29) is 5.56 Å². The van der Waals surface area contributed by atoms with Gasteiger partial charge in [0.2, 0.25) is 5.89 Å². The Kier molecular flexibility index (Phi) is 5.14. The third-order valence-corrected chi connectivity index (χ3v) is 5.96. The Morgan fingerprint density at radius 2 is 1.68 bits per heavy atom. The average molecular weight is 426 g/mol. The van der Waals surface area contributed by atoms with Crippen LogP contribution in [0.3, 0.4) is 0 Å². The largest absolute Gasteiger partial charge is 0.440 e. The van der Waals surface area contributed by atoms with E-state index in [0.717, 1.165) is 22.6 Å². The minimum Gasteiger partial charge on any atom is -0.440 e. The van der Waals surface area contributed by atoms with Crippen LogP contribution in [-0.4, -0.2) is 14.5 Å². The second kappa shape index (κ2) is 8.24. The molecule has 0 fully saturated rings. The number of hydrogen-bond donors (Lipinski definition) is 0. The van der Waals surface area contributed by atoms with Gasteiger partial charge in [-0.2, -0.15) is 0 Å². The van der Waals surface area contributed by atoms with Crippen LogP contribution in [0.2, 0.25) is 0 Å². The van der Waals surface area contributed by atoms with Crippen LogP contribution in [0.25, 0.3) is 27.9 Å². The van der Waals surface area contributed by atoms with Crippen LogP contribution in [0, 0.1) is 6.92 Å². The summed E-state index contributed by atoms with van der Waals surface area (Å²) in [5.41, 5.74) is 3.40. The Hall–Kier alpha value is -3.64. The van der Waals surface area contributed by atoms with Crippen LogP contribution in [-0.2, 0) is 5.75 Å². The van der Waals surface area contributed by atoms with E-state index in [9.17, 15) is 4.79 Å². The van der Waals surface area contributed by atoms with Gasteiger partial charge < -0.3 is 4.42 Å². The molecule has 5 rings (SSSR count). The lowest BCUT2D eigenvalue weighted by Gasteiger charge is -2.14. The average Bonchev–Trinajstić information content (AvgIpc) is 3.28. The first kappa shape index (κ1) is 19.3. The molecule has 3 aromatic carbocycles. The fourth-order valence-corrected chi connectivity index (χ4v) is 4.33. The Bertz CT molecular complexity index is 1420. The molecule has 0 aliphatic heterocycles. The molecule has 2 aromatic heterocycles. The molecule has 0 aliphatic carbocycles. The zero-order valence-corrected chi connectivity index (χ0v) is 17.7. The van der Waals surface area contributed by atoms with Crippen LogP contribution in [0.1, 0.15) is 11.5 Å². The van der Waals surface area contributed by atoms with Crippen LogP contribution in [0.5, 0.6) is 0 Å². The monoisotopic (exact) mass is 425 g/mol. The number of hydrogen-bond acceptors (Lipinski definition) is 5. The van der Waals surface area contributed by atoms with Crippen LogP contribution in [0.15, 0.2) is 99.4 Å². The summed E-state index contributed by atoms with van der Waals surface area (Å²) in [4.78, 5) is 22.6. The topological polar surface area (TPSA) is 60.9 Å². The SMILES string of the molecule is Cc1ccccc1-n1c(SCc2ncc(-c3ccccc3)o2)nc2ccccc2c1=O. The Morgan fingerprint density at radius 1 is 0.935 bits per heavy atom. The maximum Gasteiger partial charge on any atom is 0.266 e. The number of aryl methyl sites for hydroxylation is 1. The smallest absolute Gasteiger partial charge is 0.266 e. The van der Waals surface area contributed by atoms with E-state index >= 15 is 0 Å². The number of nitrogens with zero attached hydrogens (tertiary/aromatic N) is 3. The van der Waals surface area contributed by atoms with Gasteiger partial charge in [0.1, 0.15) is 0 Å². The molecule has 0 N–H and O–H groups in total. The predicted molar refractivity (Wildman–Crippen MR) is 124 cm³/mol. The highest BCUT2D eigenvalue weighted by atomic mass is 32.2. The van der Waals surface area contributed by atoms with Gasteiger partial charge in [-0.3, -0.25) is 9.36 Å². The number of rotatable bonds is 5. The molecular weight excluding hydrogens is 406 g/mol. The Balaban J connectivity index is 1.54. The molecule has 0 aliphatic rings. The van der Waals surface area contributed by atoms with Crippen LogP contribution >= 0.6 is 11.8 Å². The van der Waals surface area contributed by atoms with Crippen molar-refractivity contribution in [3.63, 3.8) is 0 Å². The molecule has 2 heterocycles. The lowest BCUT2D eigenvalue weighted by atomic mass is 10.2. The van der Waals surface area contributed by atoms with Crippen molar-refractivity contribution in [1.29, 1.82) is 0 Å². The zero-order valence-electron chi connectivity index (χ0n) is 16.9. The summed E-state index contributed by atoms with van der Waals surface area (Å²) in [6.45, 7) is 1.99. The van der Waals surface area contributed by atoms with Gasteiger partial charge in [0.05, 0.1) is 28.5 Å². The molecule has 0 unspecified atom stereocenters. The van der Waals surface area contributed by atoms with E-state index in [4.69, 9.17) is 9.40 Å². The van der Waals surface area contributed by atoms with E-state index in [1.807, 2.05) is 85.8 Å². The zero-order chi connectivity index (χ0) is 21.2. The second-order valence-corrected chi connectivity index (χ2v) is 8.05. The number of benzene rings is 3. The van der Waals surface area contributed by atoms with E-state index in [0.29, 0.717) is 27.7 Å². The van der Waals surface area contributed by atoms with Crippen LogP contribution < -0.4 is 5.56 Å². The van der Waals surface area contributed by atoms with Crippen molar-refractivity contribution < 1.29 is 4.42 Å². The van der Waals surface area contributed by atoms with Crippen molar-refractivity contribution in [2.75, 3.05) is 0 Å². The summed E-state index contributed by atoms with van der Waals surface area (Å²) in [5.74, 6) is 1.77. The first-order valence-corrected chi connectivity index (χ1v) is 10.9. The lowest BCUT2D eigenvalue weighted by molar-refractivity contribution is 0.529. The molecule has 0 spiro atoms. The van der Waals surface area contributed by atoms with Gasteiger partial charge in [-0.1, -0.05) is 72.4 Å². The van der Waals surface area contributed by atoms with Crippen molar-refractivity contribution in [2.45, 2.75) is 17.8 Å². The van der Waals surface area contributed by atoms with Crippen molar-refractivity contribution in [3.8, 4) is 17.0 Å². The van der Waals surface area contributed by atoms with E-state index in [1.165, 1.54) is 11.8 Å². The van der Waals surface area contributed by atoms with Crippen molar-refractivity contribution in [1.82, 2.24) is 14.5 Å². The molecule has 152 valence electrons. The first-order chi connectivity index (χ1) is 15.2. The fourth-order valence-electron chi connectivity index (χ4n) is 3.48. The van der Waals surface area contributed by atoms with E-state index in [1.54, 1.807) is 10.8 Å². The molecule has 5 nitrogen and oxygen atoms in total. The summed E-state index contributed by atoms with van der Waals surface area (Å²) in [5, 5.41) is 1.20. The number of thioether (sulfide) groups is 1. The fraction of sp³-hybridized carbons (Fsp3) is 0.0800. The third-order valence-electron chi connectivity index (χ3n) is 5.04. The minimum atomic E-state index is -0.0835. The Labute approximate surface area is 183 Å². The van der Waals surface area contributed by atoms with Gasteiger partial charge in [-0.25, -0.2) is 9.97 Å². The molecule has 0 radical (unpaired) electrons. The van der Waals surface area contributed by atoms with Gasteiger partial charge >= 0.3 is 0 Å². The number of aromatic nitrogens is 3. The molecule has 0 atom stereocenters. The molecule has 0 bridgehead atoms. The summed E-state index contributed by atoms with van der Waals surface area (Å²) in [6.07, 6.45) is 1.73. The van der Waals surface area contributed by atoms with Crippen LogP contribution in [0.4, 0.5) is 0 Å². The molecule has 0 saturated carbocycles. The molecule has 6 heteroatoms. The van der Waals surface area contributed by atoms with Gasteiger partial charge in [0.15, 0.2) is 10.9 Å². The summed E-state index contributed by atoms with van der Waals surface area (Å²) < 4.78 is 7.62. The quantitative estimate of drug-likeness (QED) is 0.269. The third kappa shape index (κ3) is 3.78. The Morgan fingerprint density at radius 3 is 2.52 bits per heavy atom. The number of fused-ring (bicyclic) bond motifs is 1. The van der Waals surface area contributed by atoms with Gasteiger partial charge in [0.25, 0.3) is 5.56 Å². The standard InChI is InChI=1S/C25H19N3O2S/c1-17-9-5-8-14-21(17)28-24(29)19-12-6-7-13-20(19)27-25(28)31-16-23-26-15-22(30-23)18-10-3-2-4-11-18/h2-15H,16H2,1H3. The van der Waals surface area contributed by atoms with Gasteiger partial charge in [0, 0.05) is 5.56 Å². The van der Waals surface area contributed by atoms with Gasteiger partial charge in [-0.05, 0) is 30.7 Å². The highest BCUT2D eigenvalue weighted by molar-refractivity contribution is 7.98. The summed E-state index contributed by atoms with van der Waals surface area (Å²) in [7, 11) is 0. The molecule has 0 amide bonds. The van der Waals surface area contributed by atoms with Crippen molar-refractivity contribution in [3.05, 3.63) is 107 Å². The minimum absolute atomic E-state index is 0.0835. The maximum absolute atomic E-state index is 13.4. The highest BCUT2D eigenvalue weighted by Gasteiger charge is 2.16. The highest BCUT2D eigenvalue weighted by Crippen LogP contribution is 2.27. The second-order valence-electron chi connectivity index (χ2n) is 7.11. The maximum atomic E-state index is 13.4. The van der Waals surface area contributed by atoms with Crippen molar-refractivity contribution in [2.24, 2.45) is 0 Å². The summed E-state index contributed by atoms with van der Waals surface area (Å²) in [6, 6.07) is 25.1. The number of oxazole rings is 1.